The van der Waals surface area contributed by atoms with Crippen molar-refractivity contribution in [3.8, 4) is 5.75 Å². The van der Waals surface area contributed by atoms with Crippen LogP contribution in [0, 0.1) is 13.8 Å². The zero-order chi connectivity index (χ0) is 18.5. The van der Waals surface area contributed by atoms with E-state index in [4.69, 9.17) is 9.84 Å². The van der Waals surface area contributed by atoms with Crippen LogP contribution in [0.5, 0.6) is 5.75 Å². The first-order chi connectivity index (χ1) is 12.6. The maximum absolute atomic E-state index is 12.4. The van der Waals surface area contributed by atoms with Crippen molar-refractivity contribution in [1.29, 1.82) is 0 Å². The highest BCUT2D eigenvalue weighted by Gasteiger charge is 2.24. The second-order valence-corrected chi connectivity index (χ2v) is 6.81. The molecule has 1 saturated heterocycles. The molecule has 0 radical (unpaired) electrons. The summed E-state index contributed by atoms with van der Waals surface area (Å²) >= 11 is 0. The molecule has 0 aliphatic carbocycles. The largest absolute Gasteiger partial charge is 0.484 e. The van der Waals surface area contributed by atoms with Crippen LogP contribution < -0.4 is 4.74 Å². The second kappa shape index (κ2) is 8.31. The molecule has 0 atom stereocenters. The van der Waals surface area contributed by atoms with Crippen molar-refractivity contribution in [1.82, 2.24) is 19.9 Å². The molecule has 26 heavy (non-hydrogen) atoms. The van der Waals surface area contributed by atoms with Crippen molar-refractivity contribution >= 4 is 5.91 Å². The standard InChI is InChI=1S/C19H26N4O3/c1-14-3-4-18(11-15(14)2)26-13-19(25)22-8-5-17(6-9-22)23-12-16(7-10-24)20-21-23/h3-4,11-12,17,24H,5-10,13H2,1-2H3. The first-order valence-electron chi connectivity index (χ1n) is 9.06. The molecule has 1 aliphatic heterocycles. The van der Waals surface area contributed by atoms with Gasteiger partial charge in [0, 0.05) is 32.3 Å². The molecule has 0 bridgehead atoms. The molecule has 3 rings (SSSR count). The number of carbonyl (C=O) groups excluding carboxylic acids is 1. The van der Waals surface area contributed by atoms with E-state index in [0.717, 1.165) is 29.8 Å². The molecule has 1 fully saturated rings. The van der Waals surface area contributed by atoms with Gasteiger partial charge in [-0.3, -0.25) is 4.79 Å². The fraction of sp³-hybridized carbons (Fsp3) is 0.526. The highest BCUT2D eigenvalue weighted by molar-refractivity contribution is 5.77. The van der Waals surface area contributed by atoms with Crippen LogP contribution in [0.4, 0.5) is 0 Å². The molecule has 7 heteroatoms. The molecular weight excluding hydrogens is 332 g/mol. The molecule has 0 unspecified atom stereocenters. The predicted molar refractivity (Wildman–Crippen MR) is 97.1 cm³/mol. The van der Waals surface area contributed by atoms with E-state index in [1.165, 1.54) is 5.56 Å². The maximum Gasteiger partial charge on any atom is 0.260 e. The van der Waals surface area contributed by atoms with Crippen LogP contribution in [-0.4, -0.2) is 57.2 Å². The lowest BCUT2D eigenvalue weighted by Gasteiger charge is -2.31. The van der Waals surface area contributed by atoms with Crippen LogP contribution in [0.1, 0.15) is 35.7 Å². The first kappa shape index (κ1) is 18.4. The number of amides is 1. The molecule has 2 aromatic rings. The van der Waals surface area contributed by atoms with Crippen LogP contribution in [0.25, 0.3) is 0 Å². The van der Waals surface area contributed by atoms with E-state index < -0.39 is 0 Å². The summed E-state index contributed by atoms with van der Waals surface area (Å²) in [6, 6.07) is 6.11. The quantitative estimate of drug-likeness (QED) is 0.850. The van der Waals surface area contributed by atoms with E-state index in [2.05, 4.69) is 17.2 Å². The Morgan fingerprint density at radius 1 is 1.27 bits per heavy atom. The summed E-state index contributed by atoms with van der Waals surface area (Å²) in [5.41, 5.74) is 3.16. The number of aryl methyl sites for hydroxylation is 2. The minimum Gasteiger partial charge on any atom is -0.484 e. The zero-order valence-electron chi connectivity index (χ0n) is 15.4. The minimum atomic E-state index is 0.0150. The van der Waals surface area contributed by atoms with Crippen molar-refractivity contribution in [2.45, 2.75) is 39.2 Å². The van der Waals surface area contributed by atoms with Gasteiger partial charge in [0.1, 0.15) is 5.75 Å². The number of likely N-dealkylation sites (tertiary alicyclic amines) is 1. The highest BCUT2D eigenvalue weighted by Crippen LogP contribution is 2.22. The lowest BCUT2D eigenvalue weighted by Crippen LogP contribution is -2.41. The van der Waals surface area contributed by atoms with E-state index >= 15 is 0 Å². The SMILES string of the molecule is Cc1ccc(OCC(=O)N2CCC(n3cc(CCO)nn3)CC2)cc1C. The van der Waals surface area contributed by atoms with E-state index in [9.17, 15) is 4.79 Å². The third-order valence-electron chi connectivity index (χ3n) is 4.96. The number of piperidine rings is 1. The number of ether oxygens (including phenoxy) is 1. The van der Waals surface area contributed by atoms with Gasteiger partial charge >= 0.3 is 0 Å². The van der Waals surface area contributed by atoms with Gasteiger partial charge in [-0.1, -0.05) is 11.3 Å². The van der Waals surface area contributed by atoms with Gasteiger partial charge < -0.3 is 14.7 Å². The molecule has 1 aromatic heterocycles. The predicted octanol–water partition coefficient (Wildman–Crippen LogP) is 1.67. The van der Waals surface area contributed by atoms with E-state index in [1.54, 1.807) is 0 Å². The Labute approximate surface area is 153 Å². The molecule has 1 aliphatic rings. The van der Waals surface area contributed by atoms with Crippen LogP contribution in [0.15, 0.2) is 24.4 Å². The normalized spacial score (nSPS) is 15.3. The molecule has 1 amide bonds. The average Bonchev–Trinajstić information content (AvgIpc) is 3.11. The van der Waals surface area contributed by atoms with Gasteiger partial charge in [0.25, 0.3) is 5.91 Å². The van der Waals surface area contributed by atoms with Crippen LogP contribution >= 0.6 is 0 Å². The number of rotatable bonds is 6. The van der Waals surface area contributed by atoms with E-state index in [1.807, 2.05) is 40.9 Å². The summed E-state index contributed by atoms with van der Waals surface area (Å²) in [6.45, 7) is 5.61. The smallest absolute Gasteiger partial charge is 0.260 e. The van der Waals surface area contributed by atoms with Crippen molar-refractivity contribution in [3.05, 3.63) is 41.2 Å². The molecule has 0 spiro atoms. The van der Waals surface area contributed by atoms with Gasteiger partial charge in [-0.2, -0.15) is 0 Å². The second-order valence-electron chi connectivity index (χ2n) is 6.81. The number of carbonyl (C=O) groups is 1. The molecule has 0 saturated carbocycles. The number of aromatic nitrogens is 3. The number of benzene rings is 1. The Morgan fingerprint density at radius 2 is 2.04 bits per heavy atom. The molecular formula is C19H26N4O3. The lowest BCUT2D eigenvalue weighted by molar-refractivity contribution is -0.134. The molecule has 2 heterocycles. The van der Waals surface area contributed by atoms with E-state index in [-0.39, 0.29) is 25.2 Å². The van der Waals surface area contributed by atoms with Gasteiger partial charge in [-0.25, -0.2) is 4.68 Å². The number of aliphatic hydroxyl groups excluding tert-OH is 1. The van der Waals surface area contributed by atoms with Crippen molar-refractivity contribution in [2.24, 2.45) is 0 Å². The van der Waals surface area contributed by atoms with Gasteiger partial charge in [0.15, 0.2) is 6.61 Å². The minimum absolute atomic E-state index is 0.0150. The Morgan fingerprint density at radius 3 is 2.73 bits per heavy atom. The summed E-state index contributed by atoms with van der Waals surface area (Å²) in [5.74, 6) is 0.747. The first-order valence-corrected chi connectivity index (χ1v) is 9.06. The van der Waals surface area contributed by atoms with Crippen LogP contribution in [-0.2, 0) is 11.2 Å². The third-order valence-corrected chi connectivity index (χ3v) is 4.96. The number of aliphatic hydroxyl groups is 1. The maximum atomic E-state index is 12.4. The topological polar surface area (TPSA) is 80.5 Å². The fourth-order valence-corrected chi connectivity index (χ4v) is 3.14. The summed E-state index contributed by atoms with van der Waals surface area (Å²) in [5, 5.41) is 17.2. The Hall–Kier alpha value is -2.41. The Bertz CT molecular complexity index is 751. The summed E-state index contributed by atoms with van der Waals surface area (Å²) < 4.78 is 7.52. The van der Waals surface area contributed by atoms with Gasteiger partial charge in [-0.15, -0.1) is 5.10 Å². The van der Waals surface area contributed by atoms with Crippen LogP contribution in [0.2, 0.25) is 0 Å². The van der Waals surface area contributed by atoms with Crippen molar-refractivity contribution in [3.63, 3.8) is 0 Å². The molecule has 140 valence electrons. The molecule has 7 nitrogen and oxygen atoms in total. The average molecular weight is 358 g/mol. The Kier molecular flexibility index (Phi) is 5.88. The fourth-order valence-electron chi connectivity index (χ4n) is 3.14. The Balaban J connectivity index is 1.47. The monoisotopic (exact) mass is 358 g/mol. The summed E-state index contributed by atoms with van der Waals surface area (Å²) in [6.07, 6.45) is 4.10. The summed E-state index contributed by atoms with van der Waals surface area (Å²) in [7, 11) is 0. The van der Waals surface area contributed by atoms with Gasteiger partial charge in [0.2, 0.25) is 0 Å². The highest BCUT2D eigenvalue weighted by atomic mass is 16.5. The lowest BCUT2D eigenvalue weighted by atomic mass is 10.1. The zero-order valence-corrected chi connectivity index (χ0v) is 15.4. The number of hydrogen-bond acceptors (Lipinski definition) is 5. The van der Waals surface area contributed by atoms with Crippen LogP contribution in [0.3, 0.4) is 0 Å². The van der Waals surface area contributed by atoms with Gasteiger partial charge in [-0.05, 0) is 49.9 Å². The number of hydrogen-bond donors (Lipinski definition) is 1. The third kappa shape index (κ3) is 4.40. The number of nitrogens with zero attached hydrogens (tertiary/aromatic N) is 4. The van der Waals surface area contributed by atoms with Gasteiger partial charge in [0.05, 0.1) is 11.7 Å². The van der Waals surface area contributed by atoms with Crippen molar-refractivity contribution in [2.75, 3.05) is 26.3 Å². The summed E-state index contributed by atoms with van der Waals surface area (Å²) in [4.78, 5) is 14.2. The molecule has 1 aromatic carbocycles. The van der Waals surface area contributed by atoms with E-state index in [0.29, 0.717) is 19.5 Å². The van der Waals surface area contributed by atoms with Crippen molar-refractivity contribution < 1.29 is 14.6 Å². The molecule has 1 N–H and O–H groups in total.